The molecule has 3 heterocycles. The van der Waals surface area contributed by atoms with Gasteiger partial charge in [0.05, 0.1) is 12.0 Å². The molecule has 0 saturated carbocycles. The quantitative estimate of drug-likeness (QED) is 0.731. The van der Waals surface area contributed by atoms with Gasteiger partial charge in [0.25, 0.3) is 0 Å². The maximum absolute atomic E-state index is 11.2. The Kier molecular flexibility index (Phi) is 4.36. The van der Waals surface area contributed by atoms with Crippen molar-refractivity contribution in [1.29, 1.82) is 0 Å². The highest BCUT2D eigenvalue weighted by Gasteiger charge is 2.10. The lowest BCUT2D eigenvalue weighted by atomic mass is 10.1. The van der Waals surface area contributed by atoms with Crippen molar-refractivity contribution in [2.24, 2.45) is 0 Å². The summed E-state index contributed by atoms with van der Waals surface area (Å²) in [7, 11) is 0. The van der Waals surface area contributed by atoms with Gasteiger partial charge in [-0.15, -0.1) is 5.10 Å². The molecule has 120 valence electrons. The molecule has 0 fully saturated rings. The summed E-state index contributed by atoms with van der Waals surface area (Å²) in [5.74, 6) is 0. The lowest BCUT2D eigenvalue weighted by Crippen LogP contribution is -2.25. The first-order valence-electron chi connectivity index (χ1n) is 7.69. The number of rotatable bonds is 5. The number of carbonyl (C=O) groups excluding carboxylic acids is 1. The standard InChI is InChI=1S/C16H19N5O2/c1-3-23-16(22)18-9-4-6-12-10-21-15(19-11(12)2)13-7-5-8-17-14(13)20-21/h5,7-8,10H,3-4,6,9H2,1-2H3,(H,18,22). The van der Waals surface area contributed by atoms with E-state index in [0.29, 0.717) is 18.8 Å². The van der Waals surface area contributed by atoms with Gasteiger partial charge in [0.1, 0.15) is 0 Å². The molecular formula is C16H19N5O2. The number of alkyl carbamates (subject to hydrolysis) is 1. The van der Waals surface area contributed by atoms with Crippen LogP contribution in [0.25, 0.3) is 16.7 Å². The van der Waals surface area contributed by atoms with Gasteiger partial charge in [-0.1, -0.05) is 0 Å². The second-order valence-electron chi connectivity index (χ2n) is 5.25. The molecule has 1 N–H and O–H groups in total. The SMILES string of the molecule is CCOC(=O)NCCCc1cn2nc3ncccc3c2nc1C. The van der Waals surface area contributed by atoms with Crippen LogP contribution in [0.2, 0.25) is 0 Å². The topological polar surface area (TPSA) is 81.4 Å². The molecule has 0 bridgehead atoms. The zero-order valence-corrected chi connectivity index (χ0v) is 13.2. The highest BCUT2D eigenvalue weighted by Crippen LogP contribution is 2.18. The average molecular weight is 313 g/mol. The molecule has 0 radical (unpaired) electrons. The van der Waals surface area contributed by atoms with Crippen LogP contribution in [0.15, 0.2) is 24.5 Å². The van der Waals surface area contributed by atoms with Crippen LogP contribution in [0, 0.1) is 6.92 Å². The molecule has 1 amide bonds. The molecule has 3 rings (SSSR count). The number of aryl methyl sites for hydroxylation is 2. The molecule has 0 aliphatic rings. The molecule has 7 nitrogen and oxygen atoms in total. The van der Waals surface area contributed by atoms with E-state index in [0.717, 1.165) is 35.1 Å². The van der Waals surface area contributed by atoms with Crippen molar-refractivity contribution < 1.29 is 9.53 Å². The summed E-state index contributed by atoms with van der Waals surface area (Å²) in [4.78, 5) is 20.1. The third-order valence-corrected chi connectivity index (χ3v) is 3.63. The number of hydrogen-bond acceptors (Lipinski definition) is 5. The van der Waals surface area contributed by atoms with Crippen molar-refractivity contribution in [2.75, 3.05) is 13.2 Å². The van der Waals surface area contributed by atoms with Gasteiger partial charge < -0.3 is 10.1 Å². The molecule has 3 aromatic heterocycles. The van der Waals surface area contributed by atoms with E-state index in [4.69, 9.17) is 4.74 Å². The smallest absolute Gasteiger partial charge is 0.407 e. The molecule has 3 aromatic rings. The van der Waals surface area contributed by atoms with Crippen LogP contribution >= 0.6 is 0 Å². The molecule has 0 aromatic carbocycles. The maximum Gasteiger partial charge on any atom is 0.407 e. The fourth-order valence-corrected chi connectivity index (χ4v) is 2.49. The number of hydrogen-bond donors (Lipinski definition) is 1. The van der Waals surface area contributed by atoms with E-state index in [1.807, 2.05) is 25.3 Å². The summed E-state index contributed by atoms with van der Waals surface area (Å²) in [6.07, 6.45) is 4.96. The molecule has 0 saturated heterocycles. The van der Waals surface area contributed by atoms with E-state index < -0.39 is 0 Å². The van der Waals surface area contributed by atoms with E-state index in [2.05, 4.69) is 20.4 Å². The predicted molar refractivity (Wildman–Crippen MR) is 86.4 cm³/mol. The Morgan fingerprint density at radius 2 is 2.30 bits per heavy atom. The van der Waals surface area contributed by atoms with Gasteiger partial charge >= 0.3 is 6.09 Å². The maximum atomic E-state index is 11.2. The predicted octanol–water partition coefficient (Wildman–Crippen LogP) is 2.26. The van der Waals surface area contributed by atoms with E-state index in [1.54, 1.807) is 17.6 Å². The van der Waals surface area contributed by atoms with Crippen LogP contribution in [-0.2, 0) is 11.2 Å². The molecule has 0 atom stereocenters. The highest BCUT2D eigenvalue weighted by molar-refractivity contribution is 5.89. The Bertz CT molecular complexity index is 843. The Morgan fingerprint density at radius 1 is 1.43 bits per heavy atom. The molecular weight excluding hydrogens is 294 g/mol. The highest BCUT2D eigenvalue weighted by atomic mass is 16.5. The Balaban J connectivity index is 1.73. The zero-order chi connectivity index (χ0) is 16.2. The number of pyridine rings is 1. The van der Waals surface area contributed by atoms with Crippen molar-refractivity contribution in [1.82, 2.24) is 24.9 Å². The fourth-order valence-electron chi connectivity index (χ4n) is 2.49. The number of nitrogens with one attached hydrogen (secondary N) is 1. The Morgan fingerprint density at radius 3 is 3.13 bits per heavy atom. The number of aromatic nitrogens is 4. The molecule has 0 spiro atoms. The van der Waals surface area contributed by atoms with Gasteiger partial charge in [0, 0.05) is 24.6 Å². The van der Waals surface area contributed by atoms with Crippen LogP contribution < -0.4 is 5.32 Å². The van der Waals surface area contributed by atoms with Crippen molar-refractivity contribution >= 4 is 22.8 Å². The van der Waals surface area contributed by atoms with Crippen LogP contribution in [0.5, 0.6) is 0 Å². The van der Waals surface area contributed by atoms with Gasteiger partial charge in [0.2, 0.25) is 0 Å². The van der Waals surface area contributed by atoms with E-state index in [1.165, 1.54) is 0 Å². The van der Waals surface area contributed by atoms with Crippen LogP contribution in [-0.4, -0.2) is 38.8 Å². The van der Waals surface area contributed by atoms with Crippen molar-refractivity contribution in [3.8, 4) is 0 Å². The van der Waals surface area contributed by atoms with Crippen LogP contribution in [0.1, 0.15) is 24.6 Å². The first-order chi connectivity index (χ1) is 11.2. The Hall–Kier alpha value is -2.70. The third kappa shape index (κ3) is 3.23. The van der Waals surface area contributed by atoms with Gasteiger partial charge in [-0.05, 0) is 44.4 Å². The summed E-state index contributed by atoms with van der Waals surface area (Å²) in [5, 5.41) is 8.12. The largest absolute Gasteiger partial charge is 0.450 e. The van der Waals surface area contributed by atoms with Gasteiger partial charge in [-0.2, -0.15) is 0 Å². The molecule has 7 heteroatoms. The minimum absolute atomic E-state index is 0.373. The number of nitrogens with zero attached hydrogens (tertiary/aromatic N) is 4. The van der Waals surface area contributed by atoms with Crippen molar-refractivity contribution in [3.05, 3.63) is 35.8 Å². The lowest BCUT2D eigenvalue weighted by molar-refractivity contribution is 0.152. The minimum atomic E-state index is -0.373. The normalized spacial score (nSPS) is 11.0. The van der Waals surface area contributed by atoms with Crippen LogP contribution in [0.4, 0.5) is 4.79 Å². The molecule has 23 heavy (non-hydrogen) atoms. The average Bonchev–Trinajstić information content (AvgIpc) is 2.89. The zero-order valence-electron chi connectivity index (χ0n) is 13.2. The number of fused-ring (bicyclic) bond motifs is 3. The number of ether oxygens (including phenoxy) is 1. The van der Waals surface area contributed by atoms with Crippen molar-refractivity contribution in [3.63, 3.8) is 0 Å². The first kappa shape index (κ1) is 15.2. The minimum Gasteiger partial charge on any atom is -0.450 e. The molecule has 0 aliphatic heterocycles. The third-order valence-electron chi connectivity index (χ3n) is 3.63. The number of carbonyl (C=O) groups is 1. The monoisotopic (exact) mass is 313 g/mol. The van der Waals surface area contributed by atoms with Crippen LogP contribution in [0.3, 0.4) is 0 Å². The lowest BCUT2D eigenvalue weighted by Gasteiger charge is -2.07. The first-order valence-corrected chi connectivity index (χ1v) is 7.69. The van der Waals surface area contributed by atoms with E-state index in [-0.39, 0.29) is 6.09 Å². The number of amides is 1. The molecule has 0 unspecified atom stereocenters. The summed E-state index contributed by atoms with van der Waals surface area (Å²) < 4.78 is 6.60. The molecule has 0 aliphatic carbocycles. The van der Waals surface area contributed by atoms with Gasteiger partial charge in [0.15, 0.2) is 11.3 Å². The second-order valence-corrected chi connectivity index (χ2v) is 5.25. The second kappa shape index (κ2) is 6.60. The summed E-state index contributed by atoms with van der Waals surface area (Å²) in [6, 6.07) is 3.86. The van der Waals surface area contributed by atoms with Gasteiger partial charge in [-0.3, -0.25) is 0 Å². The summed E-state index contributed by atoms with van der Waals surface area (Å²) in [6.45, 7) is 4.72. The van der Waals surface area contributed by atoms with E-state index in [9.17, 15) is 4.79 Å². The van der Waals surface area contributed by atoms with Gasteiger partial charge in [-0.25, -0.2) is 19.3 Å². The van der Waals surface area contributed by atoms with E-state index >= 15 is 0 Å². The summed E-state index contributed by atoms with van der Waals surface area (Å²) in [5.41, 5.74) is 3.59. The van der Waals surface area contributed by atoms with Crippen molar-refractivity contribution in [2.45, 2.75) is 26.7 Å². The Labute approximate surface area is 133 Å². The summed E-state index contributed by atoms with van der Waals surface area (Å²) >= 11 is 0. The fraction of sp³-hybridized carbons (Fsp3) is 0.375.